The molecule has 3 amide bonds. The predicted octanol–water partition coefficient (Wildman–Crippen LogP) is 11.8. The van der Waals surface area contributed by atoms with E-state index in [1.54, 1.807) is 81.7 Å². The summed E-state index contributed by atoms with van der Waals surface area (Å²) in [7, 11) is 0. The van der Waals surface area contributed by atoms with Crippen LogP contribution in [0.1, 0.15) is 92.9 Å². The number of nitrogens with zero attached hydrogens (tertiary/aromatic N) is 4. The Morgan fingerprint density at radius 2 is 1.05 bits per heavy atom. The fourth-order valence-corrected chi connectivity index (χ4v) is 9.74. The number of carbonyl (C=O) groups excluding carboxylic acids is 3. The van der Waals surface area contributed by atoms with Gasteiger partial charge in [-0.1, -0.05) is 59.6 Å². The molecule has 4 atom stereocenters. The van der Waals surface area contributed by atoms with E-state index >= 15 is 0 Å². The van der Waals surface area contributed by atoms with Crippen LogP contribution in [-0.4, -0.2) is 77.6 Å². The first kappa shape index (κ1) is 50.3. The summed E-state index contributed by atoms with van der Waals surface area (Å²) >= 11 is 12.9. The number of rotatable bonds is 11. The summed E-state index contributed by atoms with van der Waals surface area (Å²) in [6.07, 6.45) is 13.9. The molecule has 2 aliphatic rings. The van der Waals surface area contributed by atoms with Gasteiger partial charge in [0.15, 0.2) is 0 Å². The van der Waals surface area contributed by atoms with E-state index in [-0.39, 0.29) is 36.0 Å². The summed E-state index contributed by atoms with van der Waals surface area (Å²) in [6, 6.07) is 30.2. The average Bonchev–Trinajstić information content (AvgIpc) is 4.01. The van der Waals surface area contributed by atoms with Crippen LogP contribution in [0.2, 0.25) is 10.0 Å². The Morgan fingerprint density at radius 3 is 1.52 bits per heavy atom. The Kier molecular flexibility index (Phi) is 15.4. The van der Waals surface area contributed by atoms with E-state index < -0.39 is 11.7 Å². The zero-order chi connectivity index (χ0) is 51.1. The molecular formula is C55H58Cl2N12O4. The maximum atomic E-state index is 12.9. The summed E-state index contributed by atoms with van der Waals surface area (Å²) in [5, 5.41) is 19.0. The van der Waals surface area contributed by atoms with Crippen molar-refractivity contribution in [2.24, 2.45) is 0 Å². The summed E-state index contributed by atoms with van der Waals surface area (Å²) < 4.78 is 5.27. The lowest BCUT2D eigenvalue weighted by molar-refractivity contribution is 0.0635. The Hall–Kier alpha value is -7.69. The maximum absolute atomic E-state index is 12.9. The number of hydrogen-bond acceptors (Lipinski definition) is 11. The number of nitrogens with one attached hydrogen (secondary N) is 7. The van der Waals surface area contributed by atoms with Crippen LogP contribution in [0, 0.1) is 0 Å². The van der Waals surface area contributed by atoms with Crippen LogP contribution in [0.3, 0.4) is 0 Å². The highest BCUT2D eigenvalue weighted by atomic mass is 35.5. The zero-order valence-corrected chi connectivity index (χ0v) is 42.3. The van der Waals surface area contributed by atoms with Crippen LogP contribution in [0.15, 0.2) is 122 Å². The second kappa shape index (κ2) is 22.4. The monoisotopic (exact) mass is 1020 g/mol. The third kappa shape index (κ3) is 12.9. The minimum absolute atomic E-state index is 0.0127. The highest BCUT2D eigenvalue weighted by Crippen LogP contribution is 2.35. The second-order valence-corrected chi connectivity index (χ2v) is 20.3. The topological polar surface area (TPSA) is 230 Å². The van der Waals surface area contributed by atoms with Gasteiger partial charge in [0.1, 0.15) is 5.60 Å². The number of carbonyl (C=O) groups is 3. The van der Waals surface area contributed by atoms with Gasteiger partial charge in [0.2, 0.25) is 11.9 Å². The highest BCUT2D eigenvalue weighted by Gasteiger charge is 2.27. The van der Waals surface area contributed by atoms with Gasteiger partial charge in [-0.3, -0.25) is 14.9 Å². The smallest absolute Gasteiger partial charge is 0.412 e. The van der Waals surface area contributed by atoms with Crippen LogP contribution >= 0.6 is 23.2 Å². The molecule has 18 heteroatoms. The lowest BCUT2D eigenvalue weighted by Gasteiger charge is -2.30. The van der Waals surface area contributed by atoms with Gasteiger partial charge in [0.25, 0.3) is 11.8 Å². The minimum atomic E-state index is -0.587. The van der Waals surface area contributed by atoms with Crippen LogP contribution < -0.4 is 32.3 Å². The summed E-state index contributed by atoms with van der Waals surface area (Å²) in [4.78, 5) is 62.3. The number of fused-ring (bicyclic) bond motifs is 2. The minimum Gasteiger partial charge on any atom is -0.444 e. The molecule has 2 aliphatic carbocycles. The van der Waals surface area contributed by atoms with Crippen molar-refractivity contribution in [3.63, 3.8) is 0 Å². The van der Waals surface area contributed by atoms with Crippen molar-refractivity contribution in [2.75, 3.05) is 21.7 Å². The molecule has 0 bridgehead atoms. The molecular weight excluding hydrogens is 964 g/mol. The van der Waals surface area contributed by atoms with E-state index in [4.69, 9.17) is 43.6 Å². The zero-order valence-electron chi connectivity index (χ0n) is 40.8. The van der Waals surface area contributed by atoms with Crippen molar-refractivity contribution in [1.82, 2.24) is 40.5 Å². The van der Waals surface area contributed by atoms with Gasteiger partial charge in [-0.25, -0.2) is 24.7 Å². The van der Waals surface area contributed by atoms with Crippen LogP contribution in [0.4, 0.5) is 28.1 Å². The first-order valence-electron chi connectivity index (χ1n) is 24.5. The van der Waals surface area contributed by atoms with Crippen molar-refractivity contribution in [2.45, 2.75) is 102 Å². The largest absolute Gasteiger partial charge is 0.444 e. The van der Waals surface area contributed by atoms with Crippen molar-refractivity contribution < 1.29 is 19.1 Å². The Morgan fingerprint density at radius 1 is 0.616 bits per heavy atom. The molecule has 0 saturated heterocycles. The number of H-pyrrole nitrogens is 2. The van der Waals surface area contributed by atoms with Gasteiger partial charge in [0.05, 0.1) is 33.8 Å². The quantitative estimate of drug-likeness (QED) is 0.0568. The summed E-state index contributed by atoms with van der Waals surface area (Å²) in [5.74, 6) is 0.814. The Labute approximate surface area is 433 Å². The number of amides is 3. The fourth-order valence-electron chi connectivity index (χ4n) is 9.35. The number of nitrogen functional groups attached to an aromatic ring is 1. The third-order valence-corrected chi connectivity index (χ3v) is 13.4. The molecule has 2 saturated carbocycles. The number of hydrogen-bond donors (Lipinski definition) is 8. The van der Waals surface area contributed by atoms with Crippen LogP contribution in [0.5, 0.6) is 0 Å². The summed E-state index contributed by atoms with van der Waals surface area (Å²) in [5.41, 5.74) is 12.7. The lowest BCUT2D eigenvalue weighted by Crippen LogP contribution is -2.42. The van der Waals surface area contributed by atoms with Gasteiger partial charge in [-0.15, -0.1) is 0 Å². The number of halogens is 2. The molecule has 10 rings (SSSR count). The van der Waals surface area contributed by atoms with Crippen molar-refractivity contribution in [3.05, 3.63) is 143 Å². The number of para-hydroxylation sites is 2. The van der Waals surface area contributed by atoms with E-state index in [1.165, 1.54) is 0 Å². The average molecular weight is 1020 g/mol. The number of aromatic amines is 2. The van der Waals surface area contributed by atoms with E-state index in [9.17, 15) is 14.4 Å². The predicted molar refractivity (Wildman–Crippen MR) is 290 cm³/mol. The fraction of sp³-hybridized carbons (Fsp3) is 0.291. The van der Waals surface area contributed by atoms with Crippen LogP contribution in [-0.2, 0) is 4.74 Å². The molecule has 0 spiro atoms. The molecule has 2 fully saturated rings. The first-order chi connectivity index (χ1) is 35.2. The molecule has 4 heterocycles. The van der Waals surface area contributed by atoms with E-state index in [2.05, 4.69) is 46.5 Å². The standard InChI is InChI=1S/C30H33ClN6O3.C25H25ClN6O/c1-30(2,3)40-29(39)36-19-13-11-18(12-14-19)27(38)34-20-7-6-8-21(15-20)35-28-33-17-24(31)26(37-28)23-16-32-25-10-5-4-9-22(23)25;26-21-14-29-25(32-23(21)20-13-28-22-7-2-1-6-19(20)22)31-18-5-3-4-17(12-18)30-24(33)15-8-10-16(27)11-9-15/h4-5,9-14,16-17,20-21,32H,6-8,15H2,1-3H3,(H,34,38)(H,36,39)(H,33,35,37);1-2,6-11,13-14,17-18,28H,3-5,12,27H2,(H,30,33)(H,29,31,32)/t20-,21+;17-,18+/m00/s1. The molecule has 4 aromatic heterocycles. The van der Waals surface area contributed by atoms with E-state index in [0.717, 1.165) is 84.3 Å². The molecule has 376 valence electrons. The summed E-state index contributed by atoms with van der Waals surface area (Å²) in [6.45, 7) is 5.41. The Bertz CT molecular complexity index is 3230. The normalized spacial score (nSPS) is 17.7. The number of nitrogens with two attached hydrogens (primary N) is 1. The van der Waals surface area contributed by atoms with Gasteiger partial charge in [-0.05, 0) is 133 Å². The van der Waals surface area contributed by atoms with E-state index in [1.807, 2.05) is 60.9 Å². The number of aromatic nitrogens is 6. The highest BCUT2D eigenvalue weighted by molar-refractivity contribution is 6.33. The van der Waals surface area contributed by atoms with Crippen molar-refractivity contribution in [1.29, 1.82) is 0 Å². The SMILES string of the molecule is CC(C)(C)OC(=O)Nc1ccc(C(=O)N[C@H]2CCC[C@@H](Nc3ncc(Cl)c(-c4c[nH]c5ccccc45)n3)C2)cc1.Nc1ccc(C(=O)N[C@H]2CCC[C@@H](Nc3ncc(Cl)c(-c4c[nH]c5ccccc45)n3)C2)cc1. The third-order valence-electron chi connectivity index (χ3n) is 12.8. The lowest BCUT2D eigenvalue weighted by atomic mass is 9.91. The molecule has 4 aromatic carbocycles. The number of ether oxygens (including phenoxy) is 1. The first-order valence-corrected chi connectivity index (χ1v) is 25.3. The van der Waals surface area contributed by atoms with Crippen molar-refractivity contribution in [3.8, 4) is 22.5 Å². The molecule has 0 radical (unpaired) electrons. The number of anilines is 4. The van der Waals surface area contributed by atoms with Crippen molar-refractivity contribution >= 4 is 86.2 Å². The van der Waals surface area contributed by atoms with Gasteiger partial charge >= 0.3 is 6.09 Å². The van der Waals surface area contributed by atoms with Gasteiger partial charge in [-0.2, -0.15) is 0 Å². The Balaban J connectivity index is 0.000000183. The molecule has 0 unspecified atom stereocenters. The molecule has 9 N–H and O–H groups in total. The maximum Gasteiger partial charge on any atom is 0.412 e. The molecule has 0 aliphatic heterocycles. The van der Waals surface area contributed by atoms with Crippen LogP contribution in [0.25, 0.3) is 44.3 Å². The molecule has 73 heavy (non-hydrogen) atoms. The van der Waals surface area contributed by atoms with Gasteiger partial charge in [0, 0.05) is 92.0 Å². The molecule has 16 nitrogen and oxygen atoms in total. The van der Waals surface area contributed by atoms with E-state index in [0.29, 0.717) is 55.8 Å². The number of benzene rings is 4. The molecule has 8 aromatic rings. The van der Waals surface area contributed by atoms with Gasteiger partial charge < -0.3 is 41.7 Å². The second-order valence-electron chi connectivity index (χ2n) is 19.5.